The molecule has 4 rings (SSSR count). The Morgan fingerprint density at radius 3 is 2.36 bits per heavy atom. The summed E-state index contributed by atoms with van der Waals surface area (Å²) in [6, 6.07) is 15.6. The number of carbonyl (C=O) groups excluding carboxylic acids is 5. The van der Waals surface area contributed by atoms with E-state index in [2.05, 4.69) is 16.0 Å². The molecular formula is C26H22N4O8S. The minimum Gasteiger partial charge on any atom is -0.595 e. The van der Waals surface area contributed by atoms with Crippen LogP contribution in [0.15, 0.2) is 60.7 Å². The third kappa shape index (κ3) is 5.97. The van der Waals surface area contributed by atoms with Crippen LogP contribution in [0.25, 0.3) is 10.8 Å². The van der Waals surface area contributed by atoms with Crippen LogP contribution in [-0.2, 0) is 19.2 Å². The Morgan fingerprint density at radius 1 is 1.05 bits per heavy atom. The van der Waals surface area contributed by atoms with Crippen LogP contribution in [0.2, 0.25) is 0 Å². The molecule has 1 fully saturated rings. The Morgan fingerprint density at radius 2 is 1.72 bits per heavy atom. The zero-order chi connectivity index (χ0) is 28.3. The number of rotatable bonds is 9. The third-order valence-corrected chi connectivity index (χ3v) is 6.38. The minimum atomic E-state index is -1.74. The zero-order valence-electron chi connectivity index (χ0n) is 20.3. The molecule has 3 aromatic carbocycles. The zero-order valence-corrected chi connectivity index (χ0v) is 21.2. The predicted molar refractivity (Wildman–Crippen MR) is 141 cm³/mol. The maximum atomic E-state index is 13.6. The molecule has 5 N–H and O–H groups in total. The van der Waals surface area contributed by atoms with E-state index in [0.717, 1.165) is 11.5 Å². The van der Waals surface area contributed by atoms with Gasteiger partial charge in [0.05, 0.1) is 13.0 Å². The van der Waals surface area contributed by atoms with Crippen LogP contribution < -0.4 is 25.9 Å². The molecule has 1 saturated heterocycles. The van der Waals surface area contributed by atoms with E-state index in [9.17, 15) is 34.4 Å². The average molecular weight is 551 g/mol. The number of carbonyl (C=O) groups is 5. The van der Waals surface area contributed by atoms with Gasteiger partial charge in [-0.3, -0.25) is 24.0 Å². The lowest BCUT2D eigenvalue weighted by Crippen LogP contribution is -2.99. The Bertz CT molecular complexity index is 1500. The van der Waals surface area contributed by atoms with Gasteiger partial charge in [-0.2, -0.15) is 5.23 Å². The van der Waals surface area contributed by atoms with E-state index in [4.69, 9.17) is 17.0 Å². The summed E-state index contributed by atoms with van der Waals surface area (Å²) in [6.07, 6.45) is -0.618. The van der Waals surface area contributed by atoms with Crippen molar-refractivity contribution in [2.75, 3.05) is 12.4 Å². The molecule has 1 aliphatic rings. The number of hydrogen-bond acceptors (Lipinski definition) is 9. The van der Waals surface area contributed by atoms with Crippen molar-refractivity contribution in [3.8, 4) is 5.75 Å². The quantitative estimate of drug-likeness (QED) is 0.0847. The number of ether oxygens (including phenoxy) is 1. The Hall–Kier alpha value is -4.56. The molecule has 39 heavy (non-hydrogen) atoms. The van der Waals surface area contributed by atoms with E-state index >= 15 is 0 Å². The molecule has 3 aromatic rings. The molecule has 1 aliphatic heterocycles. The van der Waals surface area contributed by atoms with Crippen molar-refractivity contribution in [3.63, 3.8) is 0 Å². The highest BCUT2D eigenvalue weighted by molar-refractivity contribution is 7.80. The molecular weight excluding hydrogens is 528 g/mol. The van der Waals surface area contributed by atoms with E-state index < -0.39 is 52.8 Å². The van der Waals surface area contributed by atoms with E-state index in [1.54, 1.807) is 18.2 Å². The predicted octanol–water partition coefficient (Wildman–Crippen LogP) is 0.796. The average Bonchev–Trinajstić information content (AvgIpc) is 2.91. The van der Waals surface area contributed by atoms with Crippen LogP contribution in [-0.4, -0.2) is 46.7 Å². The topological polar surface area (TPSA) is 178 Å². The number of amides is 3. The van der Waals surface area contributed by atoms with Crippen LogP contribution >= 0.6 is 12.2 Å². The smallest absolute Gasteiger partial charge is 0.292 e. The van der Waals surface area contributed by atoms with Gasteiger partial charge in [0.25, 0.3) is 5.91 Å². The maximum Gasteiger partial charge on any atom is 0.292 e. The Balaban J connectivity index is 1.67. The summed E-state index contributed by atoms with van der Waals surface area (Å²) in [5, 5.41) is 27.9. The molecule has 0 bridgehead atoms. The van der Waals surface area contributed by atoms with Crippen molar-refractivity contribution in [3.05, 3.63) is 71.4 Å². The van der Waals surface area contributed by atoms with Crippen LogP contribution in [0.3, 0.4) is 0 Å². The number of quaternary nitrogens is 1. The molecule has 0 saturated carbocycles. The first-order valence-electron chi connectivity index (χ1n) is 11.5. The van der Waals surface area contributed by atoms with Crippen molar-refractivity contribution in [1.82, 2.24) is 10.6 Å². The lowest BCUT2D eigenvalue weighted by Gasteiger charge is -2.25. The maximum absolute atomic E-state index is 13.6. The molecule has 0 aromatic heterocycles. The summed E-state index contributed by atoms with van der Waals surface area (Å²) in [6.45, 7) is 0. The Kier molecular flexibility index (Phi) is 8.07. The fraction of sp³-hybridized carbons (Fsp3) is 0.154. The summed E-state index contributed by atoms with van der Waals surface area (Å²) in [5.41, 5.74) is -0.479. The van der Waals surface area contributed by atoms with Gasteiger partial charge < -0.3 is 25.9 Å². The third-order valence-electron chi connectivity index (χ3n) is 6.17. The lowest BCUT2D eigenvalue weighted by atomic mass is 9.83. The number of fused-ring (bicyclic) bond motifs is 1. The van der Waals surface area contributed by atoms with E-state index in [1.165, 1.54) is 31.4 Å². The largest absolute Gasteiger partial charge is 0.595 e. The van der Waals surface area contributed by atoms with Crippen LogP contribution in [0.5, 0.6) is 5.75 Å². The molecule has 3 amide bonds. The number of methoxy groups -OCH3 is 1. The van der Waals surface area contributed by atoms with Gasteiger partial charge in [0.2, 0.25) is 17.6 Å². The van der Waals surface area contributed by atoms with Gasteiger partial charge in [-0.1, -0.05) is 36.4 Å². The Labute approximate surface area is 226 Å². The van der Waals surface area contributed by atoms with Gasteiger partial charge in [-0.25, -0.2) is 5.21 Å². The van der Waals surface area contributed by atoms with Crippen molar-refractivity contribution in [1.29, 1.82) is 0 Å². The van der Waals surface area contributed by atoms with Gasteiger partial charge in [0.1, 0.15) is 17.4 Å². The summed E-state index contributed by atoms with van der Waals surface area (Å²) in [5.74, 6) is -8.02. The second kappa shape index (κ2) is 11.4. The van der Waals surface area contributed by atoms with Crippen LogP contribution in [0.1, 0.15) is 16.8 Å². The second-order valence-corrected chi connectivity index (χ2v) is 9.02. The van der Waals surface area contributed by atoms with Gasteiger partial charge in [0.15, 0.2) is 16.6 Å². The van der Waals surface area contributed by atoms with Crippen molar-refractivity contribution in [2.24, 2.45) is 11.8 Å². The molecule has 1 heterocycles. The standard InChI is InChI=1S/C26H22N4O8S/c1-38-16-8-9-19(20(11-16)30(36)37)27-25(35)22(32)17(12-18-23(33)28-26(39)29-24(18)34)21(31)15-7-6-13-4-2-3-5-14(13)10-15/h2-11,17-18,30,36H,12H2,1H3,(H,27,35)(H2,28,29,33,34,39). The highest BCUT2D eigenvalue weighted by Crippen LogP contribution is 2.27. The SMILES string of the molecule is COc1ccc(NC(=O)C(=O)C(CC2C(=O)NC(=S)NC2=O)C(=O)c2ccc3ccccc3c2)c([NH+]([O-])O)c1. The summed E-state index contributed by atoms with van der Waals surface area (Å²) in [4.78, 5) is 65.0. The number of hydrogen-bond donors (Lipinski definition) is 5. The number of Topliss-reactive ketones (excluding diaryl/α,β-unsaturated/α-hetero) is 2. The molecule has 0 aliphatic carbocycles. The van der Waals surface area contributed by atoms with Gasteiger partial charge in [0, 0.05) is 11.6 Å². The lowest BCUT2D eigenvalue weighted by molar-refractivity contribution is -0.990. The number of ketones is 2. The van der Waals surface area contributed by atoms with Crippen molar-refractivity contribution < 1.29 is 39.1 Å². The summed E-state index contributed by atoms with van der Waals surface area (Å²) < 4.78 is 5.00. The molecule has 0 radical (unpaired) electrons. The normalized spacial score (nSPS) is 15.2. The molecule has 0 spiro atoms. The fourth-order valence-electron chi connectivity index (χ4n) is 4.15. The number of nitrogens with one attached hydrogen (secondary N) is 4. The van der Waals surface area contributed by atoms with Gasteiger partial charge in [-0.05, 0) is 47.6 Å². The monoisotopic (exact) mass is 550 g/mol. The van der Waals surface area contributed by atoms with E-state index in [0.29, 0.717) is 5.39 Å². The molecule has 200 valence electrons. The highest BCUT2D eigenvalue weighted by atomic mass is 32.1. The van der Waals surface area contributed by atoms with Gasteiger partial charge >= 0.3 is 0 Å². The highest BCUT2D eigenvalue weighted by Gasteiger charge is 2.41. The number of anilines is 1. The first-order valence-corrected chi connectivity index (χ1v) is 11.9. The molecule has 13 heteroatoms. The molecule has 12 nitrogen and oxygen atoms in total. The number of benzene rings is 3. The van der Waals surface area contributed by atoms with E-state index in [-0.39, 0.29) is 27.8 Å². The summed E-state index contributed by atoms with van der Waals surface area (Å²) >= 11 is 4.80. The first-order chi connectivity index (χ1) is 18.6. The second-order valence-electron chi connectivity index (χ2n) is 8.61. The fourth-order valence-corrected chi connectivity index (χ4v) is 4.35. The van der Waals surface area contributed by atoms with Crippen LogP contribution in [0, 0.1) is 17.0 Å². The molecule has 2 unspecified atom stereocenters. The molecule has 2 atom stereocenters. The van der Waals surface area contributed by atoms with Crippen molar-refractivity contribution >= 4 is 68.8 Å². The van der Waals surface area contributed by atoms with Crippen LogP contribution in [0.4, 0.5) is 11.4 Å². The summed E-state index contributed by atoms with van der Waals surface area (Å²) in [7, 11) is 1.33. The number of thiocarbonyl (C=S) groups is 1. The van der Waals surface area contributed by atoms with E-state index in [1.807, 2.05) is 12.1 Å². The first kappa shape index (κ1) is 27.5. The van der Waals surface area contributed by atoms with Crippen molar-refractivity contribution in [2.45, 2.75) is 6.42 Å². The van der Waals surface area contributed by atoms with Gasteiger partial charge in [-0.15, -0.1) is 0 Å². The minimum absolute atomic E-state index is 0.0858.